The van der Waals surface area contributed by atoms with E-state index in [2.05, 4.69) is 15.2 Å². The van der Waals surface area contributed by atoms with Gasteiger partial charge >= 0.3 is 0 Å². The molecule has 4 aromatic rings. The van der Waals surface area contributed by atoms with Gasteiger partial charge in [-0.1, -0.05) is 12.1 Å². The number of amides is 1. The molecule has 0 radical (unpaired) electrons. The standard InChI is InChI=1S/C24H26FN5OS/c1-29(13-5-6-19-14-21(28-27-19)17-9-11-18(25)12-10-17)24(31)15-30-22-8-4-3-7-20(22)26-23(30)16-32-2/h3-4,7-12,14H,5-6,13,15-16H2,1-2H3,(H,27,28). The zero-order valence-corrected chi connectivity index (χ0v) is 19.0. The minimum Gasteiger partial charge on any atom is -0.344 e. The number of thioether (sulfide) groups is 1. The van der Waals surface area contributed by atoms with E-state index < -0.39 is 0 Å². The number of rotatable bonds is 9. The molecule has 0 aliphatic heterocycles. The van der Waals surface area contributed by atoms with Crippen LogP contribution in [-0.2, 0) is 23.5 Å². The number of hydrogen-bond donors (Lipinski definition) is 1. The normalized spacial score (nSPS) is 11.2. The first kappa shape index (κ1) is 22.1. The van der Waals surface area contributed by atoms with Gasteiger partial charge in [-0.25, -0.2) is 9.37 Å². The Morgan fingerprint density at radius 2 is 1.97 bits per heavy atom. The van der Waals surface area contributed by atoms with Crippen molar-refractivity contribution in [1.82, 2.24) is 24.6 Å². The van der Waals surface area contributed by atoms with Crippen LogP contribution in [-0.4, -0.2) is 50.4 Å². The molecule has 166 valence electrons. The number of likely N-dealkylation sites (N-methyl/N-ethyl adjacent to an activating group) is 1. The molecule has 0 saturated carbocycles. The summed E-state index contributed by atoms with van der Waals surface area (Å²) in [6.45, 7) is 0.930. The van der Waals surface area contributed by atoms with E-state index in [1.807, 2.05) is 48.2 Å². The predicted molar refractivity (Wildman–Crippen MR) is 127 cm³/mol. The number of carbonyl (C=O) groups is 1. The van der Waals surface area contributed by atoms with Crippen LogP contribution >= 0.6 is 11.8 Å². The van der Waals surface area contributed by atoms with Crippen molar-refractivity contribution < 1.29 is 9.18 Å². The smallest absolute Gasteiger partial charge is 0.242 e. The van der Waals surface area contributed by atoms with Gasteiger partial charge in [0.05, 0.1) is 22.5 Å². The number of H-pyrrole nitrogens is 1. The molecule has 0 fully saturated rings. The summed E-state index contributed by atoms with van der Waals surface area (Å²) in [7, 11) is 1.84. The molecule has 0 atom stereocenters. The zero-order valence-electron chi connectivity index (χ0n) is 18.2. The van der Waals surface area contributed by atoms with Crippen molar-refractivity contribution >= 4 is 28.7 Å². The maximum Gasteiger partial charge on any atom is 0.242 e. The molecule has 4 rings (SSSR count). The second kappa shape index (κ2) is 9.99. The summed E-state index contributed by atoms with van der Waals surface area (Å²) in [5, 5.41) is 7.35. The van der Waals surface area contributed by atoms with Crippen LogP contribution in [0.3, 0.4) is 0 Å². The summed E-state index contributed by atoms with van der Waals surface area (Å²) in [5.74, 6) is 1.49. The van der Waals surface area contributed by atoms with Gasteiger partial charge in [0.2, 0.25) is 5.91 Å². The Morgan fingerprint density at radius 1 is 1.19 bits per heavy atom. The molecule has 0 aliphatic carbocycles. The van der Waals surface area contributed by atoms with Gasteiger partial charge in [0.1, 0.15) is 18.2 Å². The zero-order chi connectivity index (χ0) is 22.5. The van der Waals surface area contributed by atoms with E-state index in [1.54, 1.807) is 28.8 Å². The Morgan fingerprint density at radius 3 is 2.75 bits per heavy atom. The number of carbonyl (C=O) groups excluding carboxylic acids is 1. The van der Waals surface area contributed by atoms with Crippen molar-refractivity contribution in [2.75, 3.05) is 19.8 Å². The fourth-order valence-corrected chi connectivity index (χ4v) is 4.17. The van der Waals surface area contributed by atoms with E-state index in [-0.39, 0.29) is 18.3 Å². The highest BCUT2D eigenvalue weighted by molar-refractivity contribution is 7.97. The molecule has 2 aromatic carbocycles. The van der Waals surface area contributed by atoms with Crippen LogP contribution in [0.2, 0.25) is 0 Å². The number of hydrogen-bond acceptors (Lipinski definition) is 4. The number of halogens is 1. The third kappa shape index (κ3) is 5.02. The molecule has 0 unspecified atom stereocenters. The molecule has 0 aliphatic rings. The summed E-state index contributed by atoms with van der Waals surface area (Å²) >= 11 is 1.70. The van der Waals surface area contributed by atoms with Gasteiger partial charge < -0.3 is 9.47 Å². The molecule has 0 spiro atoms. The first-order valence-corrected chi connectivity index (χ1v) is 11.9. The van der Waals surface area contributed by atoms with Gasteiger partial charge in [-0.2, -0.15) is 16.9 Å². The number of aromatic nitrogens is 4. The average Bonchev–Trinajstić information content (AvgIpc) is 3.40. The fourth-order valence-electron chi connectivity index (χ4n) is 3.69. The van der Waals surface area contributed by atoms with E-state index in [0.29, 0.717) is 6.54 Å². The average molecular weight is 452 g/mol. The number of aromatic amines is 1. The van der Waals surface area contributed by atoms with Crippen LogP contribution in [0, 0.1) is 5.82 Å². The highest BCUT2D eigenvalue weighted by Crippen LogP contribution is 2.20. The maximum atomic E-state index is 13.1. The first-order chi connectivity index (χ1) is 15.5. The van der Waals surface area contributed by atoms with Crippen LogP contribution in [0.5, 0.6) is 0 Å². The maximum absolute atomic E-state index is 13.1. The van der Waals surface area contributed by atoms with Gasteiger partial charge in [0, 0.05) is 24.8 Å². The molecule has 6 nitrogen and oxygen atoms in total. The first-order valence-electron chi connectivity index (χ1n) is 10.5. The van der Waals surface area contributed by atoms with Crippen molar-refractivity contribution in [3.05, 3.63) is 71.9 Å². The predicted octanol–water partition coefficient (Wildman–Crippen LogP) is 4.52. The minimum atomic E-state index is -0.263. The van der Waals surface area contributed by atoms with Crippen LogP contribution in [0.25, 0.3) is 22.3 Å². The molecule has 32 heavy (non-hydrogen) atoms. The largest absolute Gasteiger partial charge is 0.344 e. The molecule has 1 amide bonds. The molecule has 8 heteroatoms. The third-order valence-electron chi connectivity index (χ3n) is 5.44. The number of nitrogens with zero attached hydrogens (tertiary/aromatic N) is 4. The topological polar surface area (TPSA) is 66.8 Å². The van der Waals surface area contributed by atoms with E-state index in [9.17, 15) is 9.18 Å². The van der Waals surface area contributed by atoms with Gasteiger partial charge in [-0.15, -0.1) is 0 Å². The van der Waals surface area contributed by atoms with Crippen molar-refractivity contribution in [3.63, 3.8) is 0 Å². The van der Waals surface area contributed by atoms with Crippen LogP contribution < -0.4 is 0 Å². The van der Waals surface area contributed by atoms with E-state index in [1.165, 1.54) is 12.1 Å². The molecule has 0 saturated heterocycles. The van der Waals surface area contributed by atoms with Gasteiger partial charge in [-0.3, -0.25) is 9.89 Å². The minimum absolute atomic E-state index is 0.0621. The summed E-state index contributed by atoms with van der Waals surface area (Å²) in [5.41, 5.74) is 4.56. The number of para-hydroxylation sites is 2. The fraction of sp³-hybridized carbons (Fsp3) is 0.292. The van der Waals surface area contributed by atoms with Gasteiger partial charge in [0.15, 0.2) is 0 Å². The number of nitrogens with one attached hydrogen (secondary N) is 1. The lowest BCUT2D eigenvalue weighted by Gasteiger charge is -2.18. The lowest BCUT2D eigenvalue weighted by molar-refractivity contribution is -0.130. The molecule has 2 aromatic heterocycles. The van der Waals surface area contributed by atoms with Crippen molar-refractivity contribution in [2.24, 2.45) is 0 Å². The number of fused-ring (bicyclic) bond motifs is 1. The number of benzene rings is 2. The Kier molecular flexibility index (Phi) is 6.90. The summed E-state index contributed by atoms with van der Waals surface area (Å²) < 4.78 is 15.1. The van der Waals surface area contributed by atoms with E-state index in [0.717, 1.165) is 52.4 Å². The SMILES string of the molecule is CSCc1nc2ccccc2n1CC(=O)N(C)CCCc1cc(-c2ccc(F)cc2)n[nH]1. The third-order valence-corrected chi connectivity index (χ3v) is 5.98. The Balaban J connectivity index is 1.34. The Labute approximate surface area is 190 Å². The molecular formula is C24H26FN5OS. The highest BCUT2D eigenvalue weighted by atomic mass is 32.2. The van der Waals surface area contributed by atoms with Crippen LogP contribution in [0.15, 0.2) is 54.6 Å². The quantitative estimate of drug-likeness (QED) is 0.406. The molecular weight excluding hydrogens is 425 g/mol. The molecule has 2 heterocycles. The van der Waals surface area contributed by atoms with Crippen molar-refractivity contribution in [3.8, 4) is 11.3 Å². The van der Waals surface area contributed by atoms with Crippen molar-refractivity contribution in [2.45, 2.75) is 25.1 Å². The highest BCUT2D eigenvalue weighted by Gasteiger charge is 2.16. The van der Waals surface area contributed by atoms with Crippen molar-refractivity contribution in [1.29, 1.82) is 0 Å². The van der Waals surface area contributed by atoms with Crippen LogP contribution in [0.1, 0.15) is 17.9 Å². The summed E-state index contributed by atoms with van der Waals surface area (Å²) in [6, 6.07) is 16.2. The van der Waals surface area contributed by atoms with E-state index in [4.69, 9.17) is 0 Å². The monoisotopic (exact) mass is 451 g/mol. The number of aryl methyl sites for hydroxylation is 1. The molecule has 0 bridgehead atoms. The lowest BCUT2D eigenvalue weighted by Crippen LogP contribution is -2.31. The number of imidazole rings is 1. The summed E-state index contributed by atoms with van der Waals surface area (Å²) in [6.07, 6.45) is 3.63. The second-order valence-electron chi connectivity index (χ2n) is 7.74. The molecule has 1 N–H and O–H groups in total. The van der Waals surface area contributed by atoms with Gasteiger partial charge in [-0.05, 0) is 61.6 Å². The summed E-state index contributed by atoms with van der Waals surface area (Å²) in [4.78, 5) is 19.4. The Bertz CT molecular complexity index is 1200. The van der Waals surface area contributed by atoms with Crippen LogP contribution in [0.4, 0.5) is 4.39 Å². The second-order valence-corrected chi connectivity index (χ2v) is 8.61. The van der Waals surface area contributed by atoms with E-state index >= 15 is 0 Å². The van der Waals surface area contributed by atoms with Gasteiger partial charge in [0.25, 0.3) is 0 Å². The lowest BCUT2D eigenvalue weighted by atomic mass is 10.1. The Hall–Kier alpha value is -3.13.